The lowest BCUT2D eigenvalue weighted by molar-refractivity contribution is 0.311. The number of methoxy groups -OCH3 is 1. The number of aliphatic imine (C=N–C) groups is 1. The molecule has 0 aromatic heterocycles. The normalized spacial score (nSPS) is 11.0. The molecule has 2 aromatic rings. The Morgan fingerprint density at radius 2 is 1.95 bits per heavy atom. The lowest BCUT2D eigenvalue weighted by Crippen LogP contribution is -1.97. The van der Waals surface area contributed by atoms with Gasteiger partial charge in [0.1, 0.15) is 0 Å². The summed E-state index contributed by atoms with van der Waals surface area (Å²) in [5.41, 5.74) is 4.17. The van der Waals surface area contributed by atoms with E-state index in [4.69, 9.17) is 21.1 Å². The summed E-state index contributed by atoms with van der Waals surface area (Å²) in [6.07, 6.45) is 1.78. The molecule has 22 heavy (non-hydrogen) atoms. The number of ether oxygens (including phenoxy) is 2. The summed E-state index contributed by atoms with van der Waals surface area (Å²) in [7, 11) is 1.60. The summed E-state index contributed by atoms with van der Waals surface area (Å²) in [4.78, 5) is 4.53. The fourth-order valence-corrected chi connectivity index (χ4v) is 2.47. The fourth-order valence-electron chi connectivity index (χ4n) is 2.19. The van der Waals surface area contributed by atoms with E-state index >= 15 is 0 Å². The van der Waals surface area contributed by atoms with E-state index in [1.807, 2.05) is 38.1 Å². The first-order valence-electron chi connectivity index (χ1n) is 7.16. The molecule has 0 aliphatic heterocycles. The Labute approximate surface area is 136 Å². The van der Waals surface area contributed by atoms with Crippen molar-refractivity contribution in [3.63, 3.8) is 0 Å². The third kappa shape index (κ3) is 3.80. The minimum atomic E-state index is 0.517. The molecule has 0 atom stereocenters. The maximum atomic E-state index is 6.26. The predicted octanol–water partition coefficient (Wildman–Crippen LogP) is 5.11. The van der Waals surface area contributed by atoms with E-state index in [0.717, 1.165) is 16.8 Å². The molecule has 116 valence electrons. The monoisotopic (exact) mass is 317 g/mol. The van der Waals surface area contributed by atoms with Crippen LogP contribution in [0.25, 0.3) is 0 Å². The van der Waals surface area contributed by atoms with Gasteiger partial charge < -0.3 is 9.47 Å². The van der Waals surface area contributed by atoms with Gasteiger partial charge in [-0.25, -0.2) is 0 Å². The molecular weight excluding hydrogens is 298 g/mol. The first-order chi connectivity index (χ1) is 10.5. The number of hydrogen-bond acceptors (Lipinski definition) is 3. The molecule has 0 heterocycles. The number of rotatable bonds is 5. The van der Waals surface area contributed by atoms with Crippen LogP contribution < -0.4 is 9.47 Å². The zero-order chi connectivity index (χ0) is 16.1. The molecular formula is C18H20ClNO2. The van der Waals surface area contributed by atoms with Crippen molar-refractivity contribution in [2.75, 3.05) is 13.7 Å². The second-order valence-corrected chi connectivity index (χ2v) is 5.42. The summed E-state index contributed by atoms with van der Waals surface area (Å²) < 4.78 is 10.8. The van der Waals surface area contributed by atoms with Crippen LogP contribution in [0.4, 0.5) is 5.69 Å². The smallest absolute Gasteiger partial charge is 0.179 e. The molecule has 0 N–H and O–H groups in total. The van der Waals surface area contributed by atoms with Gasteiger partial charge in [-0.2, -0.15) is 0 Å². The first-order valence-corrected chi connectivity index (χ1v) is 7.54. The van der Waals surface area contributed by atoms with E-state index in [2.05, 4.69) is 18.0 Å². The largest absolute Gasteiger partial charge is 0.493 e. The summed E-state index contributed by atoms with van der Waals surface area (Å²) in [6, 6.07) is 9.85. The van der Waals surface area contributed by atoms with Gasteiger partial charge in [0.15, 0.2) is 11.5 Å². The van der Waals surface area contributed by atoms with Crippen molar-refractivity contribution in [2.24, 2.45) is 4.99 Å². The summed E-state index contributed by atoms with van der Waals surface area (Å²) in [6.45, 7) is 6.56. The third-order valence-electron chi connectivity index (χ3n) is 3.25. The lowest BCUT2D eigenvalue weighted by Gasteiger charge is -2.11. The van der Waals surface area contributed by atoms with Crippen LogP contribution >= 0.6 is 11.6 Å². The van der Waals surface area contributed by atoms with Crippen molar-refractivity contribution in [2.45, 2.75) is 20.8 Å². The molecule has 0 saturated heterocycles. The Morgan fingerprint density at radius 1 is 1.18 bits per heavy atom. The van der Waals surface area contributed by atoms with E-state index < -0.39 is 0 Å². The van der Waals surface area contributed by atoms with E-state index in [1.54, 1.807) is 13.3 Å². The minimum absolute atomic E-state index is 0.517. The average molecular weight is 318 g/mol. The molecule has 0 unspecified atom stereocenters. The number of benzene rings is 2. The highest BCUT2D eigenvalue weighted by Crippen LogP contribution is 2.36. The van der Waals surface area contributed by atoms with Gasteiger partial charge >= 0.3 is 0 Å². The average Bonchev–Trinajstić information content (AvgIpc) is 2.48. The minimum Gasteiger partial charge on any atom is -0.493 e. The molecule has 4 heteroatoms. The topological polar surface area (TPSA) is 30.8 Å². The number of nitrogens with zero attached hydrogens (tertiary/aromatic N) is 1. The van der Waals surface area contributed by atoms with Gasteiger partial charge in [0.25, 0.3) is 0 Å². The van der Waals surface area contributed by atoms with Crippen molar-refractivity contribution in [1.82, 2.24) is 0 Å². The predicted molar refractivity (Wildman–Crippen MR) is 92.3 cm³/mol. The molecule has 2 aromatic carbocycles. The van der Waals surface area contributed by atoms with Crippen LogP contribution in [0.1, 0.15) is 23.6 Å². The van der Waals surface area contributed by atoms with Gasteiger partial charge in [-0.3, -0.25) is 4.99 Å². The second-order valence-electron chi connectivity index (χ2n) is 5.02. The van der Waals surface area contributed by atoms with Crippen LogP contribution in [0.3, 0.4) is 0 Å². The maximum Gasteiger partial charge on any atom is 0.179 e. The molecule has 0 spiro atoms. The quantitative estimate of drug-likeness (QED) is 0.717. The Hall–Kier alpha value is -2.00. The van der Waals surface area contributed by atoms with Gasteiger partial charge in [0, 0.05) is 6.21 Å². The highest BCUT2D eigenvalue weighted by Gasteiger charge is 2.10. The molecule has 0 saturated carbocycles. The van der Waals surface area contributed by atoms with Crippen LogP contribution in [-0.4, -0.2) is 19.9 Å². The fraction of sp³-hybridized carbons (Fsp3) is 0.278. The highest BCUT2D eigenvalue weighted by molar-refractivity contribution is 6.32. The van der Waals surface area contributed by atoms with Gasteiger partial charge in [0.05, 0.1) is 24.4 Å². The van der Waals surface area contributed by atoms with E-state index in [9.17, 15) is 0 Å². The molecule has 3 nitrogen and oxygen atoms in total. The van der Waals surface area contributed by atoms with Crippen molar-refractivity contribution in [3.05, 3.63) is 52.0 Å². The Balaban J connectivity index is 2.33. The van der Waals surface area contributed by atoms with E-state index in [-0.39, 0.29) is 0 Å². The molecule has 0 aliphatic rings. The zero-order valence-corrected chi connectivity index (χ0v) is 14.1. The number of aryl methyl sites for hydroxylation is 2. The number of halogens is 1. The first kappa shape index (κ1) is 16.4. The maximum absolute atomic E-state index is 6.26. The second kappa shape index (κ2) is 7.32. The van der Waals surface area contributed by atoms with Crippen molar-refractivity contribution < 1.29 is 9.47 Å². The Morgan fingerprint density at radius 3 is 2.59 bits per heavy atom. The van der Waals surface area contributed by atoms with E-state index in [0.29, 0.717) is 23.1 Å². The Kier molecular flexibility index (Phi) is 5.45. The van der Waals surface area contributed by atoms with Gasteiger partial charge in [-0.15, -0.1) is 0 Å². The zero-order valence-electron chi connectivity index (χ0n) is 13.3. The van der Waals surface area contributed by atoms with E-state index in [1.165, 1.54) is 5.56 Å². The van der Waals surface area contributed by atoms with Gasteiger partial charge in [0.2, 0.25) is 0 Å². The van der Waals surface area contributed by atoms with Crippen molar-refractivity contribution >= 4 is 23.5 Å². The molecule has 0 bridgehead atoms. The van der Waals surface area contributed by atoms with Gasteiger partial charge in [-0.05, 0) is 50.1 Å². The molecule has 0 radical (unpaired) electrons. The molecule has 2 rings (SSSR count). The lowest BCUT2D eigenvalue weighted by atomic mass is 10.1. The van der Waals surface area contributed by atoms with Crippen molar-refractivity contribution in [3.8, 4) is 11.5 Å². The van der Waals surface area contributed by atoms with Crippen LogP contribution in [-0.2, 0) is 0 Å². The van der Waals surface area contributed by atoms with Gasteiger partial charge in [-0.1, -0.05) is 29.3 Å². The molecule has 0 amide bonds. The summed E-state index contributed by atoms with van der Waals surface area (Å²) >= 11 is 6.26. The molecule has 0 fully saturated rings. The summed E-state index contributed by atoms with van der Waals surface area (Å²) in [5, 5.41) is 0.517. The third-order valence-corrected chi connectivity index (χ3v) is 3.53. The number of hydrogen-bond donors (Lipinski definition) is 0. The van der Waals surface area contributed by atoms with Crippen molar-refractivity contribution in [1.29, 1.82) is 0 Å². The highest BCUT2D eigenvalue weighted by atomic mass is 35.5. The summed E-state index contributed by atoms with van der Waals surface area (Å²) in [5.74, 6) is 1.17. The standard InChI is InChI=1S/C18H20ClNO2/c1-5-22-18-15(19)9-14(10-17(18)21-4)11-20-16-7-6-12(2)8-13(16)3/h6-11H,5H2,1-4H3. The van der Waals surface area contributed by atoms with Crippen LogP contribution in [0, 0.1) is 13.8 Å². The van der Waals surface area contributed by atoms with Crippen LogP contribution in [0.15, 0.2) is 35.3 Å². The van der Waals surface area contributed by atoms with Crippen LogP contribution in [0.2, 0.25) is 5.02 Å². The SMILES string of the molecule is CCOc1c(Cl)cc(C=Nc2ccc(C)cc2C)cc1OC. The van der Waals surface area contributed by atoms with Crippen LogP contribution in [0.5, 0.6) is 11.5 Å². The molecule has 0 aliphatic carbocycles. The Bertz CT molecular complexity index is 696.